The van der Waals surface area contributed by atoms with Crippen LogP contribution in [-0.2, 0) is 11.2 Å². The number of nitrogens with one attached hydrogen (secondary N) is 1. The topological polar surface area (TPSA) is 82.5 Å². The standard InChI is InChI=1S/C26H27N3O4S2/c1-16-17(2)35-24-23(16)25(31)29(19-8-6-5-7-9-19)26(28-24)34-15-22(30)27-13-12-18-10-11-20(32-3)21(14-18)33-4/h5-11,14H,12-13,15H2,1-4H3,(H,27,30). The molecule has 2 aromatic heterocycles. The van der Waals surface area contributed by atoms with Crippen LogP contribution >= 0.6 is 23.1 Å². The van der Waals surface area contributed by atoms with Crippen LogP contribution in [0.1, 0.15) is 16.0 Å². The molecule has 9 heteroatoms. The molecule has 0 saturated carbocycles. The Balaban J connectivity index is 1.48. The average molecular weight is 510 g/mol. The van der Waals surface area contributed by atoms with E-state index in [0.717, 1.165) is 21.7 Å². The third-order valence-electron chi connectivity index (χ3n) is 5.70. The highest BCUT2D eigenvalue weighted by atomic mass is 32.2. The number of thioether (sulfide) groups is 1. The zero-order valence-corrected chi connectivity index (χ0v) is 21.7. The van der Waals surface area contributed by atoms with Gasteiger partial charge < -0.3 is 14.8 Å². The van der Waals surface area contributed by atoms with Gasteiger partial charge in [-0.3, -0.25) is 14.2 Å². The molecule has 0 saturated heterocycles. The van der Waals surface area contributed by atoms with Crippen molar-refractivity contribution in [1.82, 2.24) is 14.9 Å². The molecule has 2 heterocycles. The first kappa shape index (κ1) is 24.8. The minimum Gasteiger partial charge on any atom is -0.493 e. The van der Waals surface area contributed by atoms with Crippen LogP contribution in [0.3, 0.4) is 0 Å². The van der Waals surface area contributed by atoms with Crippen LogP contribution in [0.2, 0.25) is 0 Å². The van der Waals surface area contributed by atoms with Gasteiger partial charge in [0.1, 0.15) is 4.83 Å². The van der Waals surface area contributed by atoms with Crippen LogP contribution in [0.5, 0.6) is 11.5 Å². The van der Waals surface area contributed by atoms with Gasteiger partial charge >= 0.3 is 0 Å². The summed E-state index contributed by atoms with van der Waals surface area (Å²) < 4.78 is 12.2. The summed E-state index contributed by atoms with van der Waals surface area (Å²) in [6, 6.07) is 15.1. The molecule has 1 N–H and O–H groups in total. The normalized spacial score (nSPS) is 11.0. The van der Waals surface area contributed by atoms with Gasteiger partial charge in [0.2, 0.25) is 5.91 Å². The van der Waals surface area contributed by atoms with E-state index in [1.807, 2.05) is 62.4 Å². The summed E-state index contributed by atoms with van der Waals surface area (Å²) in [4.78, 5) is 32.6. The van der Waals surface area contributed by atoms with Gasteiger partial charge in [0, 0.05) is 11.4 Å². The van der Waals surface area contributed by atoms with Crippen molar-refractivity contribution < 1.29 is 14.3 Å². The number of aromatic nitrogens is 2. The predicted octanol–water partition coefficient (Wildman–Crippen LogP) is 4.53. The highest BCUT2D eigenvalue weighted by Gasteiger charge is 2.18. The Morgan fingerprint density at radius 1 is 1.09 bits per heavy atom. The SMILES string of the molecule is COc1ccc(CCNC(=O)CSc2nc3sc(C)c(C)c3c(=O)n2-c2ccccc2)cc1OC. The first-order chi connectivity index (χ1) is 16.9. The zero-order chi connectivity index (χ0) is 24.9. The molecule has 0 radical (unpaired) electrons. The van der Waals surface area contributed by atoms with Crippen LogP contribution in [0.4, 0.5) is 0 Å². The molecule has 0 bridgehead atoms. The zero-order valence-electron chi connectivity index (χ0n) is 20.1. The molecule has 0 aliphatic carbocycles. The lowest BCUT2D eigenvalue weighted by atomic mass is 10.1. The molecule has 1 amide bonds. The van der Waals surface area contributed by atoms with Crippen LogP contribution < -0.4 is 20.3 Å². The van der Waals surface area contributed by atoms with Crippen LogP contribution in [-0.4, -0.2) is 42.0 Å². The summed E-state index contributed by atoms with van der Waals surface area (Å²) in [6.45, 7) is 4.42. The molecule has 0 aliphatic heterocycles. The molecule has 0 fully saturated rings. The van der Waals surface area contributed by atoms with E-state index in [0.29, 0.717) is 39.8 Å². The molecular formula is C26H27N3O4S2. The number of fused-ring (bicyclic) bond motifs is 1. The predicted molar refractivity (Wildman–Crippen MR) is 142 cm³/mol. The number of nitrogens with zero attached hydrogens (tertiary/aromatic N) is 2. The van der Waals surface area contributed by atoms with Crippen molar-refractivity contribution in [3.05, 3.63) is 74.9 Å². The van der Waals surface area contributed by atoms with Crippen LogP contribution in [0.15, 0.2) is 58.5 Å². The summed E-state index contributed by atoms with van der Waals surface area (Å²) in [5.74, 6) is 1.36. The van der Waals surface area contributed by atoms with Crippen LogP contribution in [0.25, 0.3) is 15.9 Å². The second kappa shape index (κ2) is 11.0. The number of aryl methyl sites for hydroxylation is 2. The third-order valence-corrected chi connectivity index (χ3v) is 7.74. The minimum absolute atomic E-state index is 0.112. The number of carbonyl (C=O) groups excluding carboxylic acids is 1. The number of benzene rings is 2. The summed E-state index contributed by atoms with van der Waals surface area (Å²) >= 11 is 2.77. The Hall–Kier alpha value is -3.30. The van der Waals surface area contributed by atoms with E-state index in [4.69, 9.17) is 14.5 Å². The molecule has 0 unspecified atom stereocenters. The fraction of sp³-hybridized carbons (Fsp3) is 0.269. The number of para-hydroxylation sites is 1. The molecule has 0 aliphatic rings. The quantitative estimate of drug-likeness (QED) is 0.264. The summed E-state index contributed by atoms with van der Waals surface area (Å²) in [7, 11) is 3.19. The largest absolute Gasteiger partial charge is 0.493 e. The molecular weight excluding hydrogens is 482 g/mol. The van der Waals surface area contributed by atoms with Gasteiger partial charge in [0.25, 0.3) is 5.56 Å². The van der Waals surface area contributed by atoms with Crippen molar-refractivity contribution in [1.29, 1.82) is 0 Å². The maximum absolute atomic E-state index is 13.5. The maximum Gasteiger partial charge on any atom is 0.267 e. The van der Waals surface area contributed by atoms with E-state index < -0.39 is 0 Å². The number of amides is 1. The Morgan fingerprint density at radius 3 is 2.54 bits per heavy atom. The second-order valence-corrected chi connectivity index (χ2v) is 10.1. The first-order valence-electron chi connectivity index (χ1n) is 11.1. The van der Waals surface area contributed by atoms with Gasteiger partial charge in [-0.05, 0) is 55.7 Å². The van der Waals surface area contributed by atoms with Crippen molar-refractivity contribution in [3.8, 4) is 17.2 Å². The van der Waals surface area contributed by atoms with Gasteiger partial charge in [0.15, 0.2) is 16.7 Å². The lowest BCUT2D eigenvalue weighted by Crippen LogP contribution is -2.28. The molecule has 7 nitrogen and oxygen atoms in total. The van der Waals surface area contributed by atoms with E-state index in [2.05, 4.69) is 5.32 Å². The van der Waals surface area contributed by atoms with E-state index in [1.54, 1.807) is 18.8 Å². The van der Waals surface area contributed by atoms with E-state index in [1.165, 1.54) is 23.1 Å². The number of methoxy groups -OCH3 is 2. The van der Waals surface area contributed by atoms with Gasteiger partial charge in [0.05, 0.1) is 31.0 Å². The van der Waals surface area contributed by atoms with Gasteiger partial charge in [-0.2, -0.15) is 0 Å². The number of rotatable bonds is 9. The number of ether oxygens (including phenoxy) is 2. The molecule has 35 heavy (non-hydrogen) atoms. The van der Waals surface area contributed by atoms with E-state index in [9.17, 15) is 9.59 Å². The Morgan fingerprint density at radius 2 is 1.83 bits per heavy atom. The molecule has 4 rings (SSSR count). The van der Waals surface area contributed by atoms with Crippen molar-refractivity contribution in [2.24, 2.45) is 0 Å². The van der Waals surface area contributed by atoms with Crippen molar-refractivity contribution in [2.45, 2.75) is 25.4 Å². The van der Waals surface area contributed by atoms with Crippen molar-refractivity contribution in [2.75, 3.05) is 26.5 Å². The van der Waals surface area contributed by atoms with E-state index in [-0.39, 0.29) is 17.2 Å². The fourth-order valence-corrected chi connectivity index (χ4v) is 5.65. The average Bonchev–Trinajstić information content (AvgIpc) is 3.16. The second-order valence-electron chi connectivity index (χ2n) is 7.91. The highest BCUT2D eigenvalue weighted by Crippen LogP contribution is 2.30. The van der Waals surface area contributed by atoms with Gasteiger partial charge in [-0.1, -0.05) is 36.0 Å². The number of hydrogen-bond donors (Lipinski definition) is 1. The fourth-order valence-electron chi connectivity index (χ4n) is 3.74. The number of thiophene rings is 1. The van der Waals surface area contributed by atoms with Crippen LogP contribution in [0, 0.1) is 13.8 Å². The number of hydrogen-bond acceptors (Lipinski definition) is 7. The van der Waals surface area contributed by atoms with E-state index >= 15 is 0 Å². The molecule has 2 aromatic carbocycles. The molecule has 0 atom stereocenters. The first-order valence-corrected chi connectivity index (χ1v) is 12.9. The lowest BCUT2D eigenvalue weighted by Gasteiger charge is -2.12. The smallest absolute Gasteiger partial charge is 0.267 e. The Labute approximate surface area is 212 Å². The minimum atomic E-state index is -0.122. The summed E-state index contributed by atoms with van der Waals surface area (Å²) in [5.41, 5.74) is 2.60. The van der Waals surface area contributed by atoms with Gasteiger partial charge in [-0.25, -0.2) is 4.98 Å². The Kier molecular flexibility index (Phi) is 7.77. The lowest BCUT2D eigenvalue weighted by molar-refractivity contribution is -0.118. The van der Waals surface area contributed by atoms with Crippen molar-refractivity contribution in [3.63, 3.8) is 0 Å². The number of carbonyl (C=O) groups is 1. The maximum atomic E-state index is 13.5. The van der Waals surface area contributed by atoms with Crippen molar-refractivity contribution >= 4 is 39.2 Å². The summed E-state index contributed by atoms with van der Waals surface area (Å²) in [6.07, 6.45) is 0.656. The highest BCUT2D eigenvalue weighted by molar-refractivity contribution is 7.99. The molecule has 0 spiro atoms. The van der Waals surface area contributed by atoms with Gasteiger partial charge in [-0.15, -0.1) is 11.3 Å². The monoisotopic (exact) mass is 509 g/mol. The third kappa shape index (κ3) is 5.36. The Bertz CT molecular complexity index is 1410. The molecule has 182 valence electrons. The summed E-state index contributed by atoms with van der Waals surface area (Å²) in [5, 5.41) is 4.09. The molecule has 4 aromatic rings.